The van der Waals surface area contributed by atoms with E-state index < -0.39 is 0 Å². The van der Waals surface area contributed by atoms with Gasteiger partial charge in [0.05, 0.1) is 10.1 Å². The second-order valence-corrected chi connectivity index (χ2v) is 9.66. The summed E-state index contributed by atoms with van der Waals surface area (Å²) in [6.07, 6.45) is 4.44. The Labute approximate surface area is 163 Å². The Hall–Kier alpha value is -1.59. The van der Waals surface area contributed by atoms with Gasteiger partial charge in [-0.3, -0.25) is 0 Å². The number of carbonyl (C=O) groups is 1. The van der Waals surface area contributed by atoms with E-state index in [0.717, 1.165) is 24.9 Å². The SMILES string of the molecule is O=C(Nc1cccc(C2SCCCS2)c1)NC1(c2ccccc2)CCC1. The molecule has 136 valence electrons. The Bertz CT molecular complexity index is 756. The van der Waals surface area contributed by atoms with Gasteiger partial charge >= 0.3 is 6.03 Å². The number of carbonyl (C=O) groups excluding carboxylic acids is 1. The van der Waals surface area contributed by atoms with Gasteiger partial charge in [-0.15, -0.1) is 23.5 Å². The van der Waals surface area contributed by atoms with E-state index in [2.05, 4.69) is 34.9 Å². The van der Waals surface area contributed by atoms with Crippen molar-refractivity contribution in [3.8, 4) is 0 Å². The quantitative estimate of drug-likeness (QED) is 0.704. The number of benzene rings is 2. The summed E-state index contributed by atoms with van der Waals surface area (Å²) < 4.78 is 0.482. The summed E-state index contributed by atoms with van der Waals surface area (Å²) in [5.41, 5.74) is 3.15. The lowest BCUT2D eigenvalue weighted by molar-refractivity contribution is 0.185. The van der Waals surface area contributed by atoms with E-state index in [1.54, 1.807) is 0 Å². The van der Waals surface area contributed by atoms with Crippen molar-refractivity contribution in [1.29, 1.82) is 0 Å². The number of rotatable bonds is 4. The predicted octanol–water partition coefficient (Wildman–Crippen LogP) is 5.76. The smallest absolute Gasteiger partial charge is 0.319 e. The summed E-state index contributed by atoms with van der Waals surface area (Å²) in [4.78, 5) is 12.6. The molecule has 0 atom stereocenters. The van der Waals surface area contributed by atoms with Gasteiger partial charge in [0.2, 0.25) is 0 Å². The Morgan fingerprint density at radius 1 is 0.962 bits per heavy atom. The molecule has 1 saturated carbocycles. The normalized spacial score (nSPS) is 19.4. The number of hydrogen-bond donors (Lipinski definition) is 2. The summed E-state index contributed by atoms with van der Waals surface area (Å²) in [5, 5.41) is 6.28. The lowest BCUT2D eigenvalue weighted by atomic mass is 9.72. The number of hydrogen-bond acceptors (Lipinski definition) is 3. The number of anilines is 1. The number of nitrogens with one attached hydrogen (secondary N) is 2. The molecule has 2 N–H and O–H groups in total. The highest BCUT2D eigenvalue weighted by molar-refractivity contribution is 8.16. The molecule has 26 heavy (non-hydrogen) atoms. The van der Waals surface area contributed by atoms with Gasteiger partial charge in [-0.2, -0.15) is 0 Å². The van der Waals surface area contributed by atoms with Crippen LogP contribution in [0.4, 0.5) is 10.5 Å². The Balaban J connectivity index is 1.43. The zero-order valence-corrected chi connectivity index (χ0v) is 16.4. The van der Waals surface area contributed by atoms with Crippen molar-refractivity contribution >= 4 is 35.2 Å². The van der Waals surface area contributed by atoms with E-state index in [0.29, 0.717) is 4.58 Å². The molecule has 2 aliphatic rings. The highest BCUT2D eigenvalue weighted by Crippen LogP contribution is 2.44. The van der Waals surface area contributed by atoms with Crippen molar-refractivity contribution in [2.45, 2.75) is 35.8 Å². The van der Waals surface area contributed by atoms with Crippen LogP contribution < -0.4 is 10.6 Å². The van der Waals surface area contributed by atoms with Crippen LogP contribution >= 0.6 is 23.5 Å². The monoisotopic (exact) mass is 384 g/mol. The molecule has 5 heteroatoms. The maximum absolute atomic E-state index is 12.6. The van der Waals surface area contributed by atoms with Crippen LogP contribution in [-0.4, -0.2) is 17.5 Å². The van der Waals surface area contributed by atoms with Crippen LogP contribution in [0, 0.1) is 0 Å². The molecule has 2 fully saturated rings. The standard InChI is InChI=1S/C21H24N2OS2/c24-20(23-21(11-5-12-21)17-8-2-1-3-9-17)22-18-10-4-7-16(15-18)19-25-13-6-14-26-19/h1-4,7-10,15,19H,5-6,11-14H2,(H2,22,23,24). The average Bonchev–Trinajstić information content (AvgIpc) is 2.66. The summed E-state index contributed by atoms with van der Waals surface area (Å²) >= 11 is 4.00. The summed E-state index contributed by atoms with van der Waals surface area (Å²) in [6, 6.07) is 18.5. The Morgan fingerprint density at radius 3 is 2.42 bits per heavy atom. The van der Waals surface area contributed by atoms with Crippen molar-refractivity contribution in [3.05, 3.63) is 65.7 Å². The fourth-order valence-corrected chi connectivity index (χ4v) is 6.47. The minimum absolute atomic E-state index is 0.116. The van der Waals surface area contributed by atoms with E-state index >= 15 is 0 Å². The van der Waals surface area contributed by atoms with E-state index in [-0.39, 0.29) is 11.6 Å². The lowest BCUT2D eigenvalue weighted by Gasteiger charge is -2.43. The second kappa shape index (κ2) is 7.97. The maximum atomic E-state index is 12.6. The Kier molecular flexibility index (Phi) is 5.46. The minimum Gasteiger partial charge on any atom is -0.328 e. The van der Waals surface area contributed by atoms with Crippen LogP contribution in [-0.2, 0) is 5.54 Å². The summed E-state index contributed by atoms with van der Waals surface area (Å²) in [5.74, 6) is 2.44. The summed E-state index contributed by atoms with van der Waals surface area (Å²) in [7, 11) is 0. The first-order valence-corrected chi connectivity index (χ1v) is 11.3. The van der Waals surface area contributed by atoms with Crippen LogP contribution in [0.25, 0.3) is 0 Å². The van der Waals surface area contributed by atoms with Crippen LogP contribution in [0.1, 0.15) is 41.4 Å². The molecular formula is C21H24N2OS2. The van der Waals surface area contributed by atoms with Gasteiger partial charge in [0, 0.05) is 5.69 Å². The van der Waals surface area contributed by atoms with Gasteiger partial charge in [-0.1, -0.05) is 42.5 Å². The topological polar surface area (TPSA) is 41.1 Å². The zero-order valence-electron chi connectivity index (χ0n) is 14.7. The first-order chi connectivity index (χ1) is 12.8. The molecule has 1 saturated heterocycles. The molecule has 0 unspecified atom stereocenters. The molecule has 0 bridgehead atoms. The van der Waals surface area contributed by atoms with Gasteiger partial charge in [0.25, 0.3) is 0 Å². The molecule has 4 rings (SSSR count). The van der Waals surface area contributed by atoms with Crippen LogP contribution in [0.5, 0.6) is 0 Å². The predicted molar refractivity (Wildman–Crippen MR) is 113 cm³/mol. The molecule has 1 heterocycles. The van der Waals surface area contributed by atoms with Gasteiger partial charge in [0.15, 0.2) is 0 Å². The van der Waals surface area contributed by atoms with Gasteiger partial charge in [0.1, 0.15) is 0 Å². The van der Waals surface area contributed by atoms with Crippen molar-refractivity contribution in [2.24, 2.45) is 0 Å². The average molecular weight is 385 g/mol. The highest BCUT2D eigenvalue weighted by Gasteiger charge is 2.39. The van der Waals surface area contributed by atoms with Crippen LogP contribution in [0.15, 0.2) is 54.6 Å². The third kappa shape index (κ3) is 3.89. The van der Waals surface area contributed by atoms with Crippen molar-refractivity contribution in [3.63, 3.8) is 0 Å². The first-order valence-electron chi connectivity index (χ1n) is 9.23. The molecule has 3 nitrogen and oxygen atoms in total. The lowest BCUT2D eigenvalue weighted by Crippen LogP contribution is -2.52. The molecule has 1 aliphatic heterocycles. The van der Waals surface area contributed by atoms with E-state index in [1.807, 2.05) is 53.9 Å². The molecule has 0 aromatic heterocycles. The molecule has 0 spiro atoms. The molecular weight excluding hydrogens is 360 g/mol. The first kappa shape index (κ1) is 17.8. The fraction of sp³-hybridized carbons (Fsp3) is 0.381. The minimum atomic E-state index is -0.210. The third-order valence-electron chi connectivity index (χ3n) is 5.13. The van der Waals surface area contributed by atoms with Crippen molar-refractivity contribution in [2.75, 3.05) is 16.8 Å². The van der Waals surface area contributed by atoms with Gasteiger partial charge in [-0.25, -0.2) is 4.79 Å². The van der Waals surface area contributed by atoms with Gasteiger partial charge in [-0.05, 0) is 60.4 Å². The molecule has 0 radical (unpaired) electrons. The third-order valence-corrected chi connectivity index (χ3v) is 8.15. The van der Waals surface area contributed by atoms with Gasteiger partial charge < -0.3 is 10.6 Å². The Morgan fingerprint density at radius 2 is 1.73 bits per heavy atom. The van der Waals surface area contributed by atoms with Crippen LogP contribution in [0.2, 0.25) is 0 Å². The molecule has 1 aliphatic carbocycles. The summed E-state index contributed by atoms with van der Waals surface area (Å²) in [6.45, 7) is 0. The number of thioether (sulfide) groups is 2. The van der Waals surface area contributed by atoms with E-state index in [1.165, 1.54) is 29.1 Å². The fourth-order valence-electron chi connectivity index (χ4n) is 3.60. The zero-order chi connectivity index (χ0) is 17.8. The largest absolute Gasteiger partial charge is 0.328 e. The van der Waals surface area contributed by atoms with E-state index in [4.69, 9.17) is 0 Å². The maximum Gasteiger partial charge on any atom is 0.319 e. The number of amides is 2. The number of urea groups is 1. The molecule has 2 amide bonds. The molecule has 2 aromatic carbocycles. The van der Waals surface area contributed by atoms with Crippen LogP contribution in [0.3, 0.4) is 0 Å². The molecule has 2 aromatic rings. The highest BCUT2D eigenvalue weighted by atomic mass is 32.2. The van der Waals surface area contributed by atoms with Crippen molar-refractivity contribution in [1.82, 2.24) is 5.32 Å². The second-order valence-electron chi connectivity index (χ2n) is 6.93. The van der Waals surface area contributed by atoms with E-state index in [9.17, 15) is 4.79 Å². The van der Waals surface area contributed by atoms with Crippen molar-refractivity contribution < 1.29 is 4.79 Å².